The summed E-state index contributed by atoms with van der Waals surface area (Å²) in [5.74, 6) is 0.303. The van der Waals surface area contributed by atoms with Crippen molar-refractivity contribution in [3.8, 4) is 0 Å². The first kappa shape index (κ1) is 24.8. The van der Waals surface area contributed by atoms with Crippen molar-refractivity contribution in [1.82, 2.24) is 14.8 Å². The number of hydrogen-bond donors (Lipinski definition) is 1. The number of rotatable bonds is 8. The van der Waals surface area contributed by atoms with Crippen molar-refractivity contribution in [2.24, 2.45) is 5.73 Å². The van der Waals surface area contributed by atoms with Gasteiger partial charge in [0.2, 0.25) is 15.0 Å². The maximum atomic E-state index is 13.5. The number of hydrogen-bond acceptors (Lipinski definition) is 5. The third kappa shape index (κ3) is 6.05. The van der Waals surface area contributed by atoms with Crippen LogP contribution in [0.4, 0.5) is 0 Å². The molecular weight excluding hydrogens is 456 g/mol. The summed E-state index contributed by atoms with van der Waals surface area (Å²) < 4.78 is 28.7. The van der Waals surface area contributed by atoms with Crippen LogP contribution in [0.25, 0.3) is 0 Å². The van der Waals surface area contributed by atoms with E-state index < -0.39 is 15.9 Å². The molecule has 1 atom stereocenters. The molecule has 0 radical (unpaired) electrons. The van der Waals surface area contributed by atoms with Gasteiger partial charge in [-0.05, 0) is 34.1 Å². The molecule has 182 valence electrons. The van der Waals surface area contributed by atoms with Crippen LogP contribution >= 0.6 is 0 Å². The Bertz CT molecular complexity index is 1360. The number of sulfone groups is 1. The highest BCUT2D eigenvalue weighted by Crippen LogP contribution is 2.25. The van der Waals surface area contributed by atoms with E-state index in [0.29, 0.717) is 24.4 Å². The van der Waals surface area contributed by atoms with Gasteiger partial charge in [-0.1, -0.05) is 106 Å². The Morgan fingerprint density at radius 1 is 0.800 bits per heavy atom. The van der Waals surface area contributed by atoms with Crippen LogP contribution in [-0.2, 0) is 34.0 Å². The van der Waals surface area contributed by atoms with Crippen molar-refractivity contribution in [3.63, 3.8) is 0 Å². The summed E-state index contributed by atoms with van der Waals surface area (Å²) in [5.41, 5.74) is 10.4. The van der Waals surface area contributed by atoms with Crippen LogP contribution in [0, 0.1) is 0 Å². The minimum atomic E-state index is -3.76. The molecule has 6 nitrogen and oxygen atoms in total. The van der Waals surface area contributed by atoms with E-state index in [0.717, 1.165) is 16.7 Å². The van der Waals surface area contributed by atoms with E-state index in [9.17, 15) is 8.42 Å². The summed E-state index contributed by atoms with van der Waals surface area (Å²) in [4.78, 5) is 0. The first-order valence-corrected chi connectivity index (χ1v) is 13.4. The standard InChI is InChI=1S/C28H32N4O2S/c1-28(2,3)24-16-14-23(15-17-24)20-35(33,34)27-31-30-26(25(29)18-21-10-6-4-7-11-21)32(27)19-22-12-8-5-9-13-22/h4-17,25H,18-20,29H2,1-3H3/t25-/m0/s1. The van der Waals surface area contributed by atoms with Gasteiger partial charge in [0.15, 0.2) is 5.82 Å². The van der Waals surface area contributed by atoms with E-state index in [-0.39, 0.29) is 16.3 Å². The van der Waals surface area contributed by atoms with Gasteiger partial charge in [0.1, 0.15) is 0 Å². The molecule has 1 heterocycles. The van der Waals surface area contributed by atoms with Crippen molar-refractivity contribution in [1.29, 1.82) is 0 Å². The summed E-state index contributed by atoms with van der Waals surface area (Å²) in [6, 6.07) is 26.8. The fourth-order valence-corrected chi connectivity index (χ4v) is 5.48. The Hall–Kier alpha value is -3.29. The molecule has 35 heavy (non-hydrogen) atoms. The van der Waals surface area contributed by atoms with Gasteiger partial charge in [-0.2, -0.15) is 0 Å². The molecule has 0 saturated carbocycles. The lowest BCUT2D eigenvalue weighted by Crippen LogP contribution is -2.22. The van der Waals surface area contributed by atoms with E-state index in [2.05, 4.69) is 31.0 Å². The molecule has 0 aliphatic carbocycles. The molecule has 7 heteroatoms. The summed E-state index contributed by atoms with van der Waals surface area (Å²) in [6.45, 7) is 6.71. The smallest absolute Gasteiger partial charge is 0.250 e. The molecule has 0 amide bonds. The van der Waals surface area contributed by atoms with E-state index >= 15 is 0 Å². The molecule has 0 fully saturated rings. The van der Waals surface area contributed by atoms with E-state index in [1.807, 2.05) is 84.9 Å². The lowest BCUT2D eigenvalue weighted by molar-refractivity contribution is 0.553. The third-order valence-electron chi connectivity index (χ3n) is 6.01. The van der Waals surface area contributed by atoms with Crippen LogP contribution < -0.4 is 5.73 Å². The van der Waals surface area contributed by atoms with Gasteiger partial charge in [0.25, 0.3) is 0 Å². The molecule has 1 aromatic heterocycles. The molecule has 4 aromatic rings. The van der Waals surface area contributed by atoms with E-state index in [1.54, 1.807) is 4.57 Å². The Morgan fingerprint density at radius 3 is 1.94 bits per heavy atom. The van der Waals surface area contributed by atoms with Crippen LogP contribution in [-0.4, -0.2) is 23.2 Å². The zero-order chi connectivity index (χ0) is 25.1. The second kappa shape index (κ2) is 10.1. The Morgan fingerprint density at radius 2 is 1.37 bits per heavy atom. The van der Waals surface area contributed by atoms with Crippen LogP contribution in [0.1, 0.15) is 54.9 Å². The van der Waals surface area contributed by atoms with Crippen LogP contribution in [0.5, 0.6) is 0 Å². The number of benzene rings is 3. The molecule has 0 aliphatic rings. The van der Waals surface area contributed by atoms with E-state index in [4.69, 9.17) is 5.73 Å². The van der Waals surface area contributed by atoms with Gasteiger partial charge in [-0.3, -0.25) is 4.57 Å². The van der Waals surface area contributed by atoms with Crippen molar-refractivity contribution >= 4 is 9.84 Å². The fourth-order valence-electron chi connectivity index (χ4n) is 4.06. The highest BCUT2D eigenvalue weighted by atomic mass is 32.2. The molecule has 0 spiro atoms. The molecular formula is C28H32N4O2S. The van der Waals surface area contributed by atoms with E-state index in [1.165, 1.54) is 0 Å². The minimum Gasteiger partial charge on any atom is -0.321 e. The molecule has 0 saturated heterocycles. The number of nitrogens with zero attached hydrogens (tertiary/aromatic N) is 3. The fraction of sp³-hybridized carbons (Fsp3) is 0.286. The van der Waals surface area contributed by atoms with Gasteiger partial charge >= 0.3 is 0 Å². The predicted molar refractivity (Wildman–Crippen MR) is 139 cm³/mol. The Labute approximate surface area is 207 Å². The number of aromatic nitrogens is 3. The highest BCUT2D eigenvalue weighted by molar-refractivity contribution is 7.90. The maximum absolute atomic E-state index is 13.5. The monoisotopic (exact) mass is 488 g/mol. The largest absolute Gasteiger partial charge is 0.321 e. The minimum absolute atomic E-state index is 0.00292. The topological polar surface area (TPSA) is 90.9 Å². The van der Waals surface area contributed by atoms with Crippen molar-refractivity contribution < 1.29 is 8.42 Å². The maximum Gasteiger partial charge on any atom is 0.250 e. The van der Waals surface area contributed by atoms with Gasteiger partial charge in [0.05, 0.1) is 18.3 Å². The lowest BCUT2D eigenvalue weighted by atomic mass is 9.87. The van der Waals surface area contributed by atoms with Crippen molar-refractivity contribution in [2.75, 3.05) is 0 Å². The van der Waals surface area contributed by atoms with Crippen LogP contribution in [0.2, 0.25) is 0 Å². The zero-order valence-electron chi connectivity index (χ0n) is 20.4. The zero-order valence-corrected chi connectivity index (χ0v) is 21.2. The van der Waals surface area contributed by atoms with Gasteiger partial charge in [-0.15, -0.1) is 10.2 Å². The van der Waals surface area contributed by atoms with Gasteiger partial charge < -0.3 is 5.73 Å². The SMILES string of the molecule is CC(C)(C)c1ccc(CS(=O)(=O)c2nnc([C@@H](N)Cc3ccccc3)n2Cc2ccccc2)cc1. The van der Waals surface area contributed by atoms with Crippen LogP contribution in [0.15, 0.2) is 90.1 Å². The normalized spacial score (nSPS) is 13.0. The summed E-state index contributed by atoms with van der Waals surface area (Å²) in [5, 5.41) is 8.36. The predicted octanol–water partition coefficient (Wildman–Crippen LogP) is 4.84. The molecule has 0 bridgehead atoms. The lowest BCUT2D eigenvalue weighted by Gasteiger charge is -2.19. The summed E-state index contributed by atoms with van der Waals surface area (Å²) in [7, 11) is -3.76. The quantitative estimate of drug-likeness (QED) is 0.383. The van der Waals surface area contributed by atoms with Gasteiger partial charge in [0, 0.05) is 0 Å². The Balaban J connectivity index is 1.67. The first-order valence-electron chi connectivity index (χ1n) is 11.7. The Kier molecular flexibility index (Phi) is 7.19. The highest BCUT2D eigenvalue weighted by Gasteiger charge is 2.28. The average Bonchev–Trinajstić information content (AvgIpc) is 3.24. The van der Waals surface area contributed by atoms with Crippen molar-refractivity contribution in [3.05, 3.63) is 113 Å². The first-order chi connectivity index (χ1) is 16.6. The molecule has 0 aliphatic heterocycles. The summed E-state index contributed by atoms with van der Waals surface area (Å²) in [6.07, 6.45) is 0.530. The van der Waals surface area contributed by atoms with Crippen LogP contribution in [0.3, 0.4) is 0 Å². The molecule has 0 unspecified atom stereocenters. The molecule has 4 rings (SSSR count). The summed E-state index contributed by atoms with van der Waals surface area (Å²) >= 11 is 0. The van der Waals surface area contributed by atoms with Gasteiger partial charge in [-0.25, -0.2) is 8.42 Å². The number of nitrogens with two attached hydrogens (primary N) is 1. The second-order valence-corrected chi connectivity index (χ2v) is 11.8. The molecule has 3 aromatic carbocycles. The van der Waals surface area contributed by atoms with Crippen molar-refractivity contribution in [2.45, 2.75) is 56.1 Å². The average molecular weight is 489 g/mol. The third-order valence-corrected chi connectivity index (χ3v) is 7.59. The molecule has 2 N–H and O–H groups in total. The second-order valence-electron chi connectivity index (χ2n) is 9.91.